The summed E-state index contributed by atoms with van der Waals surface area (Å²) < 4.78 is 25.0. The lowest BCUT2D eigenvalue weighted by Gasteiger charge is -2.29. The minimum Gasteiger partial charge on any atom is -0.488 e. The van der Waals surface area contributed by atoms with Crippen molar-refractivity contribution >= 4 is 23.6 Å². The summed E-state index contributed by atoms with van der Waals surface area (Å²) in [4.78, 5) is 24.5. The molecule has 1 aliphatic heterocycles. The van der Waals surface area contributed by atoms with Gasteiger partial charge in [-0.25, -0.2) is 14.0 Å². The number of hydrogen-bond acceptors (Lipinski definition) is 4. The maximum absolute atomic E-state index is 14.1. The molecule has 0 saturated carbocycles. The van der Waals surface area contributed by atoms with Gasteiger partial charge in [0.2, 0.25) is 0 Å². The molecule has 0 unspecified atom stereocenters. The summed E-state index contributed by atoms with van der Waals surface area (Å²) >= 11 is 6.07. The lowest BCUT2D eigenvalue weighted by molar-refractivity contribution is -0.139. The van der Waals surface area contributed by atoms with Crippen molar-refractivity contribution in [2.45, 2.75) is 26.5 Å². The van der Waals surface area contributed by atoms with Gasteiger partial charge in [0.05, 0.1) is 23.2 Å². The Morgan fingerprint density at radius 3 is 2.69 bits per heavy atom. The van der Waals surface area contributed by atoms with Crippen molar-refractivity contribution in [1.29, 1.82) is 0 Å². The molecule has 2 aromatic carbocycles. The number of urea groups is 1. The SMILES string of the molecule is CCOC(=O)C1=C(C)NC(=O)N[C@@H]1c1ccccc1OCc1c(F)cccc1Cl. The highest BCUT2D eigenvalue weighted by molar-refractivity contribution is 6.31. The van der Waals surface area contributed by atoms with Gasteiger partial charge in [0, 0.05) is 16.8 Å². The smallest absolute Gasteiger partial charge is 0.338 e. The predicted octanol–water partition coefficient (Wildman–Crippen LogP) is 4.25. The Balaban J connectivity index is 1.95. The van der Waals surface area contributed by atoms with Gasteiger partial charge in [-0.3, -0.25) is 0 Å². The standard InChI is InChI=1S/C21H20ClFN2O4/c1-3-28-20(26)18-12(2)24-21(27)25-19(18)13-7-4-5-10-17(13)29-11-14-15(22)8-6-9-16(14)23/h4-10,19H,3,11H2,1-2H3,(H2,24,25,27)/t19-/m1/s1. The first-order chi connectivity index (χ1) is 13.9. The maximum atomic E-state index is 14.1. The van der Waals surface area contributed by atoms with E-state index in [4.69, 9.17) is 21.1 Å². The molecule has 0 radical (unpaired) electrons. The molecule has 1 atom stereocenters. The number of hydrogen-bond donors (Lipinski definition) is 2. The Morgan fingerprint density at radius 2 is 1.97 bits per heavy atom. The summed E-state index contributed by atoms with van der Waals surface area (Å²) in [5.74, 6) is -0.642. The molecule has 2 N–H and O–H groups in total. The topological polar surface area (TPSA) is 76.7 Å². The largest absolute Gasteiger partial charge is 0.488 e. The predicted molar refractivity (Wildman–Crippen MR) is 106 cm³/mol. The van der Waals surface area contributed by atoms with E-state index >= 15 is 0 Å². The third kappa shape index (κ3) is 4.51. The van der Waals surface area contributed by atoms with Gasteiger partial charge in [0.15, 0.2) is 0 Å². The number of carbonyl (C=O) groups excluding carboxylic acids is 2. The van der Waals surface area contributed by atoms with Crippen molar-refractivity contribution in [3.8, 4) is 5.75 Å². The van der Waals surface area contributed by atoms with Crippen molar-refractivity contribution in [2.75, 3.05) is 6.61 Å². The highest BCUT2D eigenvalue weighted by Gasteiger charge is 2.33. The molecular weight excluding hydrogens is 399 g/mol. The number of rotatable bonds is 6. The van der Waals surface area contributed by atoms with Crippen LogP contribution >= 0.6 is 11.6 Å². The summed E-state index contributed by atoms with van der Waals surface area (Å²) in [5.41, 5.74) is 1.42. The van der Waals surface area contributed by atoms with Crippen LogP contribution < -0.4 is 15.4 Å². The van der Waals surface area contributed by atoms with Crippen LogP contribution in [0.3, 0.4) is 0 Å². The van der Waals surface area contributed by atoms with Crippen LogP contribution in [0.4, 0.5) is 9.18 Å². The van der Waals surface area contributed by atoms with Crippen LogP contribution in [0.2, 0.25) is 5.02 Å². The highest BCUT2D eigenvalue weighted by atomic mass is 35.5. The fourth-order valence-corrected chi connectivity index (χ4v) is 3.29. The first-order valence-electron chi connectivity index (χ1n) is 9.02. The monoisotopic (exact) mass is 418 g/mol. The van der Waals surface area contributed by atoms with E-state index in [1.807, 2.05) is 0 Å². The summed E-state index contributed by atoms with van der Waals surface area (Å²) in [6.07, 6.45) is 0. The molecule has 6 nitrogen and oxygen atoms in total. The Kier molecular flexibility index (Phi) is 6.39. The van der Waals surface area contributed by atoms with Crippen molar-refractivity contribution < 1.29 is 23.5 Å². The fraction of sp³-hybridized carbons (Fsp3) is 0.238. The maximum Gasteiger partial charge on any atom is 0.338 e. The first-order valence-corrected chi connectivity index (χ1v) is 9.40. The normalized spacial score (nSPS) is 16.1. The van der Waals surface area contributed by atoms with Crippen LogP contribution in [0.1, 0.15) is 31.0 Å². The van der Waals surface area contributed by atoms with E-state index in [0.717, 1.165) is 0 Å². The summed E-state index contributed by atoms with van der Waals surface area (Å²) in [6.45, 7) is 3.41. The van der Waals surface area contributed by atoms with Gasteiger partial charge >= 0.3 is 12.0 Å². The second-order valence-corrected chi connectivity index (χ2v) is 6.72. The van der Waals surface area contributed by atoms with Gasteiger partial charge in [-0.1, -0.05) is 35.9 Å². The molecule has 2 amide bonds. The second kappa shape index (κ2) is 8.96. The van der Waals surface area contributed by atoms with Gasteiger partial charge in [-0.2, -0.15) is 0 Å². The number of allylic oxidation sites excluding steroid dienone is 1. The van der Waals surface area contributed by atoms with Crippen LogP contribution in [0.5, 0.6) is 5.75 Å². The molecule has 0 spiro atoms. The van der Waals surface area contributed by atoms with E-state index in [9.17, 15) is 14.0 Å². The number of amides is 2. The van der Waals surface area contributed by atoms with Crippen LogP contribution in [-0.2, 0) is 16.1 Å². The van der Waals surface area contributed by atoms with Gasteiger partial charge in [0.25, 0.3) is 0 Å². The number of benzene rings is 2. The van der Waals surface area contributed by atoms with Crippen molar-refractivity contribution in [1.82, 2.24) is 10.6 Å². The lowest BCUT2D eigenvalue weighted by Crippen LogP contribution is -2.45. The van der Waals surface area contributed by atoms with Gasteiger partial charge < -0.3 is 20.1 Å². The van der Waals surface area contributed by atoms with Crippen LogP contribution in [-0.4, -0.2) is 18.6 Å². The number of nitrogens with one attached hydrogen (secondary N) is 2. The van der Waals surface area contributed by atoms with Crippen LogP contribution in [0.25, 0.3) is 0 Å². The van der Waals surface area contributed by atoms with Gasteiger partial charge in [0.1, 0.15) is 18.2 Å². The average molecular weight is 419 g/mol. The minimum atomic E-state index is -0.782. The van der Waals surface area contributed by atoms with Crippen molar-refractivity contribution in [3.05, 3.63) is 75.7 Å². The Labute approximate surface area is 172 Å². The number of para-hydroxylation sites is 1. The van der Waals surface area contributed by atoms with Crippen LogP contribution in [0, 0.1) is 5.82 Å². The fourth-order valence-electron chi connectivity index (χ4n) is 3.08. The molecule has 8 heteroatoms. The summed E-state index contributed by atoms with van der Waals surface area (Å²) in [6, 6.07) is 10.1. The molecule has 0 bridgehead atoms. The van der Waals surface area contributed by atoms with E-state index in [1.54, 1.807) is 44.2 Å². The molecule has 3 rings (SSSR count). The lowest BCUT2D eigenvalue weighted by atomic mass is 9.95. The quantitative estimate of drug-likeness (QED) is 0.687. The van der Waals surface area contributed by atoms with Crippen molar-refractivity contribution in [3.63, 3.8) is 0 Å². The Bertz CT molecular complexity index is 957. The zero-order chi connectivity index (χ0) is 21.0. The molecule has 152 valence electrons. The van der Waals surface area contributed by atoms with E-state index in [0.29, 0.717) is 17.0 Å². The molecule has 29 heavy (non-hydrogen) atoms. The van der Waals surface area contributed by atoms with E-state index in [1.165, 1.54) is 12.1 Å². The minimum absolute atomic E-state index is 0.112. The van der Waals surface area contributed by atoms with Crippen molar-refractivity contribution in [2.24, 2.45) is 0 Å². The highest BCUT2D eigenvalue weighted by Crippen LogP contribution is 2.34. The number of ether oxygens (including phenoxy) is 2. The Hall–Kier alpha value is -3.06. The molecular formula is C21H20ClFN2O4. The number of halogens is 2. The van der Waals surface area contributed by atoms with Gasteiger partial charge in [-0.15, -0.1) is 0 Å². The van der Waals surface area contributed by atoms with E-state index < -0.39 is 23.9 Å². The molecule has 1 heterocycles. The molecule has 2 aromatic rings. The summed E-state index contributed by atoms with van der Waals surface area (Å²) in [7, 11) is 0. The third-order valence-corrected chi connectivity index (χ3v) is 4.78. The molecule has 0 saturated heterocycles. The van der Waals surface area contributed by atoms with Crippen LogP contribution in [0.15, 0.2) is 53.7 Å². The average Bonchev–Trinajstić information content (AvgIpc) is 2.67. The van der Waals surface area contributed by atoms with E-state index in [2.05, 4.69) is 10.6 Å². The molecule has 1 aliphatic rings. The third-order valence-electron chi connectivity index (χ3n) is 4.43. The van der Waals surface area contributed by atoms with E-state index in [-0.39, 0.29) is 29.4 Å². The molecule has 0 fully saturated rings. The Morgan fingerprint density at radius 1 is 1.21 bits per heavy atom. The molecule has 0 aromatic heterocycles. The van der Waals surface area contributed by atoms with Gasteiger partial charge in [-0.05, 0) is 32.0 Å². The second-order valence-electron chi connectivity index (χ2n) is 6.32. The zero-order valence-electron chi connectivity index (χ0n) is 15.9. The summed E-state index contributed by atoms with van der Waals surface area (Å²) in [5, 5.41) is 5.56. The first kappa shape index (κ1) is 20.7. The molecule has 0 aliphatic carbocycles. The number of carbonyl (C=O) groups is 2. The zero-order valence-corrected chi connectivity index (χ0v) is 16.7. The number of esters is 1.